The molecule has 0 spiro atoms. The van der Waals surface area contributed by atoms with E-state index in [0.29, 0.717) is 19.7 Å². The summed E-state index contributed by atoms with van der Waals surface area (Å²) in [5, 5.41) is 0.426. The predicted octanol–water partition coefficient (Wildman–Crippen LogP) is 3.73. The van der Waals surface area contributed by atoms with Gasteiger partial charge in [0.05, 0.1) is 31.9 Å². The number of likely N-dealkylation sites (tertiary alicyclic amines) is 1. The topological polar surface area (TPSA) is 111 Å². The fourth-order valence-corrected chi connectivity index (χ4v) is 7.56. The number of aryl methyl sites for hydroxylation is 1. The first-order valence-corrected chi connectivity index (χ1v) is 15.3. The van der Waals surface area contributed by atoms with Gasteiger partial charge >= 0.3 is 0 Å². The minimum Gasteiger partial charge on any atom is -0.385 e. The van der Waals surface area contributed by atoms with Gasteiger partial charge in [0.1, 0.15) is 5.82 Å². The van der Waals surface area contributed by atoms with Crippen molar-refractivity contribution >= 4 is 50.2 Å². The molecule has 3 heterocycles. The van der Waals surface area contributed by atoms with E-state index in [9.17, 15) is 13.2 Å². The molecule has 2 saturated heterocycles. The molecule has 39 heavy (non-hydrogen) atoms. The first-order valence-electron chi connectivity index (χ1n) is 13.1. The fraction of sp³-hybridized carbons (Fsp3) is 0.481. The number of nitrogens with zero attached hydrogens (tertiary/aromatic N) is 4. The molecule has 3 atom stereocenters. The quantitative estimate of drug-likeness (QED) is 0.398. The van der Waals surface area contributed by atoms with Crippen LogP contribution in [0.3, 0.4) is 0 Å². The molecular weight excluding hydrogens is 561 g/mol. The first-order chi connectivity index (χ1) is 18.7. The van der Waals surface area contributed by atoms with Gasteiger partial charge in [-0.15, -0.1) is 0 Å². The number of ether oxygens (including phenoxy) is 1. The average Bonchev–Trinajstić information content (AvgIpc) is 3.51. The number of para-hydroxylation sites is 2. The maximum absolute atomic E-state index is 13.7. The highest BCUT2D eigenvalue weighted by atomic mass is 35.5. The van der Waals surface area contributed by atoms with E-state index in [-0.39, 0.29) is 39.9 Å². The molecule has 0 saturated carbocycles. The van der Waals surface area contributed by atoms with Gasteiger partial charge in [0.2, 0.25) is 15.9 Å². The van der Waals surface area contributed by atoms with Crippen LogP contribution in [0, 0.1) is 5.92 Å². The molecule has 2 fully saturated rings. The van der Waals surface area contributed by atoms with E-state index in [2.05, 4.69) is 10.6 Å². The van der Waals surface area contributed by atoms with Gasteiger partial charge < -0.3 is 19.9 Å². The van der Waals surface area contributed by atoms with E-state index < -0.39 is 22.0 Å². The van der Waals surface area contributed by atoms with Crippen molar-refractivity contribution in [1.82, 2.24) is 18.8 Å². The number of carbonyl (C=O) groups is 1. The number of imidazole rings is 1. The number of benzene rings is 2. The molecule has 1 aromatic heterocycles. The minimum atomic E-state index is -3.88. The zero-order chi connectivity index (χ0) is 27.7. The summed E-state index contributed by atoms with van der Waals surface area (Å²) in [5.41, 5.74) is 8.38. The summed E-state index contributed by atoms with van der Waals surface area (Å²) >= 11 is 12.0. The van der Waals surface area contributed by atoms with E-state index >= 15 is 0 Å². The molecule has 2 aromatic carbocycles. The van der Waals surface area contributed by atoms with Crippen molar-refractivity contribution in [3.8, 4) is 0 Å². The van der Waals surface area contributed by atoms with Crippen molar-refractivity contribution < 1.29 is 17.9 Å². The lowest BCUT2D eigenvalue weighted by Gasteiger charge is -2.35. The van der Waals surface area contributed by atoms with Crippen molar-refractivity contribution in [3.63, 3.8) is 0 Å². The molecule has 1 amide bonds. The number of fused-ring (bicyclic) bond motifs is 1. The highest BCUT2D eigenvalue weighted by Crippen LogP contribution is 2.33. The molecule has 0 bridgehead atoms. The van der Waals surface area contributed by atoms with Crippen molar-refractivity contribution in [2.75, 3.05) is 39.9 Å². The normalized spacial score (nSPS) is 22.6. The Balaban J connectivity index is 1.33. The van der Waals surface area contributed by atoms with Crippen molar-refractivity contribution in [2.24, 2.45) is 11.7 Å². The van der Waals surface area contributed by atoms with E-state index in [0.717, 1.165) is 42.7 Å². The third-order valence-corrected chi connectivity index (χ3v) is 10.3. The highest BCUT2D eigenvalue weighted by molar-refractivity contribution is 7.89. The van der Waals surface area contributed by atoms with Gasteiger partial charge in [-0.1, -0.05) is 35.3 Å². The van der Waals surface area contributed by atoms with Crippen LogP contribution in [0.15, 0.2) is 47.4 Å². The Labute approximate surface area is 238 Å². The summed E-state index contributed by atoms with van der Waals surface area (Å²) in [6.45, 7) is 2.66. The molecule has 0 radical (unpaired) electrons. The molecule has 2 N–H and O–H groups in total. The molecule has 3 aromatic rings. The lowest BCUT2D eigenvalue weighted by molar-refractivity contribution is -0.136. The maximum atomic E-state index is 13.7. The molecule has 0 aliphatic carbocycles. The lowest BCUT2D eigenvalue weighted by Crippen LogP contribution is -2.47. The summed E-state index contributed by atoms with van der Waals surface area (Å²) in [6, 6.07) is 11.7. The van der Waals surface area contributed by atoms with Crippen LogP contribution >= 0.6 is 23.2 Å². The molecule has 9 nitrogen and oxygen atoms in total. The van der Waals surface area contributed by atoms with Gasteiger partial charge in [0.15, 0.2) is 0 Å². The average molecular weight is 595 g/mol. The molecule has 12 heteroatoms. The van der Waals surface area contributed by atoms with Crippen LogP contribution < -0.4 is 5.73 Å². The number of methoxy groups -OCH3 is 1. The number of hydrogen-bond acceptors (Lipinski definition) is 6. The monoisotopic (exact) mass is 593 g/mol. The summed E-state index contributed by atoms with van der Waals surface area (Å²) in [5.74, 6) is 0.318. The zero-order valence-corrected chi connectivity index (χ0v) is 24.1. The van der Waals surface area contributed by atoms with Crippen LogP contribution in [0.4, 0.5) is 0 Å². The lowest BCUT2D eigenvalue weighted by atomic mass is 9.94. The van der Waals surface area contributed by atoms with E-state index in [4.69, 9.17) is 38.7 Å². The number of halogens is 2. The standard InChI is InChI=1S/C27H33Cl2N5O4S/c1-38-13-5-12-34-25-8-3-2-7-24(25)31-26(34)18-6-4-11-32(15-18)27(35)20-16-33(17-23(20)30)39(36,37)19-9-10-21(28)22(29)14-19/h2-3,7-10,14,18,20,23H,4-6,11-13,15-17,30H2,1H3/t18-,20-,23-/m1/s1. The van der Waals surface area contributed by atoms with Crippen molar-refractivity contribution in [3.05, 3.63) is 58.3 Å². The number of sulfonamides is 1. The maximum Gasteiger partial charge on any atom is 0.243 e. The number of aromatic nitrogens is 2. The Morgan fingerprint density at radius 2 is 1.92 bits per heavy atom. The van der Waals surface area contributed by atoms with Crippen LogP contribution in [0.1, 0.15) is 31.0 Å². The third kappa shape index (κ3) is 5.68. The Morgan fingerprint density at radius 1 is 1.13 bits per heavy atom. The Bertz CT molecular complexity index is 1460. The summed E-state index contributed by atoms with van der Waals surface area (Å²) in [6.07, 6.45) is 2.62. The van der Waals surface area contributed by atoms with E-state index in [1.165, 1.54) is 22.5 Å². The zero-order valence-electron chi connectivity index (χ0n) is 21.8. The predicted molar refractivity (Wildman–Crippen MR) is 151 cm³/mol. The van der Waals surface area contributed by atoms with E-state index in [1.54, 1.807) is 7.11 Å². The smallest absolute Gasteiger partial charge is 0.243 e. The van der Waals surface area contributed by atoms with Gasteiger partial charge in [-0.2, -0.15) is 4.31 Å². The van der Waals surface area contributed by atoms with Gasteiger partial charge in [-0.05, 0) is 49.6 Å². The summed E-state index contributed by atoms with van der Waals surface area (Å²) in [7, 11) is -2.18. The first kappa shape index (κ1) is 28.3. The van der Waals surface area contributed by atoms with Gasteiger partial charge in [0, 0.05) is 58.4 Å². The van der Waals surface area contributed by atoms with Crippen LogP contribution in [-0.2, 0) is 26.1 Å². The molecule has 210 valence electrons. The molecule has 2 aliphatic rings. The number of carbonyl (C=O) groups excluding carboxylic acids is 1. The highest BCUT2D eigenvalue weighted by Gasteiger charge is 2.43. The van der Waals surface area contributed by atoms with Crippen molar-refractivity contribution in [2.45, 2.75) is 42.7 Å². The van der Waals surface area contributed by atoms with Crippen LogP contribution in [0.25, 0.3) is 11.0 Å². The Kier molecular flexibility index (Phi) is 8.51. The van der Waals surface area contributed by atoms with Crippen molar-refractivity contribution in [1.29, 1.82) is 0 Å². The second kappa shape index (κ2) is 11.7. The number of nitrogens with two attached hydrogens (primary N) is 1. The van der Waals surface area contributed by atoms with Crippen LogP contribution in [-0.4, -0.2) is 79.0 Å². The fourth-order valence-electron chi connectivity index (χ4n) is 5.67. The van der Waals surface area contributed by atoms with Gasteiger partial charge in [-0.25, -0.2) is 13.4 Å². The summed E-state index contributed by atoms with van der Waals surface area (Å²) in [4.78, 5) is 20.5. The third-order valence-electron chi connectivity index (χ3n) is 7.69. The SMILES string of the molecule is COCCCn1c([C@@H]2CCCN(C(=O)[C@@H]3CN(S(=O)(=O)c4ccc(Cl)c(Cl)c4)C[C@H]3N)C2)nc2ccccc21. The summed E-state index contributed by atoms with van der Waals surface area (Å²) < 4.78 is 35.4. The number of amides is 1. The number of hydrogen-bond donors (Lipinski definition) is 1. The Hall–Kier alpha value is -2.21. The van der Waals surface area contributed by atoms with Gasteiger partial charge in [0.25, 0.3) is 0 Å². The molecule has 2 aliphatic heterocycles. The number of rotatable bonds is 8. The van der Waals surface area contributed by atoms with E-state index in [1.807, 2.05) is 23.1 Å². The second-order valence-corrected chi connectivity index (χ2v) is 13.0. The second-order valence-electron chi connectivity index (χ2n) is 10.2. The molecule has 5 rings (SSSR count). The Morgan fingerprint density at radius 3 is 2.69 bits per heavy atom. The van der Waals surface area contributed by atoms with Crippen LogP contribution in [0.5, 0.6) is 0 Å². The molecular formula is C27H33Cl2N5O4S. The van der Waals surface area contributed by atoms with Gasteiger partial charge in [-0.3, -0.25) is 4.79 Å². The largest absolute Gasteiger partial charge is 0.385 e. The number of piperidine rings is 1. The minimum absolute atomic E-state index is 0.0271. The molecule has 0 unspecified atom stereocenters. The van der Waals surface area contributed by atoms with Crippen LogP contribution in [0.2, 0.25) is 10.0 Å².